The normalized spacial score (nSPS) is 11.6. The Labute approximate surface area is 342 Å². The van der Waals surface area contributed by atoms with Gasteiger partial charge in [0.15, 0.2) is 17.5 Å². The molecular weight excluding hydrogens is 706 g/mol. The summed E-state index contributed by atoms with van der Waals surface area (Å²) in [5.74, 6) is 1.80. The molecule has 0 aliphatic rings. The maximum Gasteiger partial charge on any atom is 0.167 e. The molecule has 0 saturated heterocycles. The molecule has 0 N–H and O–H groups in total. The fourth-order valence-corrected chi connectivity index (χ4v) is 10.2. The zero-order valence-corrected chi connectivity index (χ0v) is 34.0. The Morgan fingerprint density at radius 1 is 0.404 bits per heavy atom. The standard InChI is InChI=1S/C45H34B7N3OS/c46-33-30(41-31(34(47)36(33)49)32-35(48)37(50)38(51)39(52)42(32)57-41)24-10-6-11-25(20-24)44-53-43(23-18-16-22(17-19-23)21-8-2-1-3-9-21)54-45(55-44)28-14-7-13-27-26-12-4-5-15-29(26)56-40(27)28/h1-20H,46-52H2. The molecular formula is C45H34B7N3OS. The highest BCUT2D eigenvalue weighted by atomic mass is 32.1. The molecule has 3 heterocycles. The summed E-state index contributed by atoms with van der Waals surface area (Å²) in [6.45, 7) is 0. The Kier molecular flexibility index (Phi) is 8.46. The van der Waals surface area contributed by atoms with Crippen LogP contribution in [0.4, 0.5) is 0 Å². The maximum atomic E-state index is 6.50. The van der Waals surface area contributed by atoms with Gasteiger partial charge in [-0.3, -0.25) is 0 Å². The van der Waals surface area contributed by atoms with E-state index in [9.17, 15) is 0 Å². The molecule has 3 aromatic heterocycles. The first-order valence-electron chi connectivity index (χ1n) is 19.5. The summed E-state index contributed by atoms with van der Waals surface area (Å²) in [7, 11) is 16.0. The van der Waals surface area contributed by atoms with Gasteiger partial charge in [-0.15, -0.1) is 27.7 Å². The number of benzene rings is 7. The highest BCUT2D eigenvalue weighted by molar-refractivity contribution is 7.28. The lowest BCUT2D eigenvalue weighted by Gasteiger charge is -2.17. The molecule has 0 radical (unpaired) electrons. The van der Waals surface area contributed by atoms with Crippen molar-refractivity contribution in [2.75, 3.05) is 0 Å². The van der Waals surface area contributed by atoms with Gasteiger partial charge in [0.2, 0.25) is 0 Å². The van der Waals surface area contributed by atoms with Crippen LogP contribution >= 0.6 is 11.3 Å². The van der Waals surface area contributed by atoms with Crippen LogP contribution in [0.3, 0.4) is 0 Å². The quantitative estimate of drug-likeness (QED) is 0.239. The Morgan fingerprint density at radius 2 is 0.947 bits per heavy atom. The van der Waals surface area contributed by atoms with Crippen LogP contribution in [0.25, 0.3) is 98.5 Å². The van der Waals surface area contributed by atoms with Crippen LogP contribution in [0, 0.1) is 0 Å². The molecule has 10 rings (SSSR count). The van der Waals surface area contributed by atoms with Gasteiger partial charge >= 0.3 is 0 Å². The predicted octanol–water partition coefficient (Wildman–Crippen LogP) is 0.283. The number of hydrogen-bond donors (Lipinski definition) is 0. The molecule has 57 heavy (non-hydrogen) atoms. The van der Waals surface area contributed by atoms with Crippen molar-refractivity contribution in [3.05, 3.63) is 121 Å². The van der Waals surface area contributed by atoms with Crippen molar-refractivity contribution in [1.82, 2.24) is 15.0 Å². The first kappa shape index (κ1) is 35.4. The lowest BCUT2D eigenvalue weighted by Crippen LogP contribution is -2.47. The van der Waals surface area contributed by atoms with E-state index in [1.807, 2.05) is 41.7 Å². The third-order valence-corrected chi connectivity index (χ3v) is 13.7. The van der Waals surface area contributed by atoms with Gasteiger partial charge in [-0.2, -0.15) is 0 Å². The number of fused-ring (bicyclic) bond motifs is 6. The van der Waals surface area contributed by atoms with Gasteiger partial charge in [-0.1, -0.05) is 125 Å². The molecule has 0 aliphatic heterocycles. The van der Waals surface area contributed by atoms with E-state index < -0.39 is 0 Å². The van der Waals surface area contributed by atoms with E-state index in [2.05, 4.69) is 146 Å². The summed E-state index contributed by atoms with van der Waals surface area (Å²) >= 11 is 1.94. The second-order valence-electron chi connectivity index (χ2n) is 15.4. The number of aromatic nitrogens is 3. The van der Waals surface area contributed by atoms with Crippen LogP contribution in [0.2, 0.25) is 0 Å². The van der Waals surface area contributed by atoms with Gasteiger partial charge in [0.25, 0.3) is 0 Å². The highest BCUT2D eigenvalue weighted by Crippen LogP contribution is 2.39. The Bertz CT molecular complexity index is 3270. The number of rotatable bonds is 5. The van der Waals surface area contributed by atoms with Gasteiger partial charge < -0.3 is 4.42 Å². The predicted molar refractivity (Wildman–Crippen MR) is 264 cm³/mol. The Balaban J connectivity index is 1.19. The van der Waals surface area contributed by atoms with Crippen molar-refractivity contribution in [2.45, 2.75) is 0 Å². The topological polar surface area (TPSA) is 51.8 Å². The van der Waals surface area contributed by atoms with Crippen molar-refractivity contribution in [1.29, 1.82) is 0 Å². The molecule has 7 aromatic carbocycles. The number of furan rings is 1. The number of para-hydroxylation sites is 2. The van der Waals surface area contributed by atoms with Gasteiger partial charge in [-0.25, -0.2) is 15.0 Å². The van der Waals surface area contributed by atoms with Crippen molar-refractivity contribution in [2.24, 2.45) is 0 Å². The molecule has 0 saturated carbocycles. The minimum Gasteiger partial charge on any atom is -0.455 e. The van der Waals surface area contributed by atoms with Crippen molar-refractivity contribution >= 4 is 147 Å². The SMILES string of the molecule is Bc1c(B)c(B)c2c(sc3c(-c4cccc(-c5nc(-c6ccc(-c7ccccc7)cc6)nc(-c6cccc7c6oc6ccccc67)n5)c4)c(B)c(B)c(B)c32)c1B. The van der Waals surface area contributed by atoms with Crippen LogP contribution in [0.1, 0.15) is 0 Å². The van der Waals surface area contributed by atoms with E-state index in [-0.39, 0.29) is 0 Å². The fourth-order valence-electron chi connectivity index (χ4n) is 8.62. The van der Waals surface area contributed by atoms with E-state index in [0.717, 1.165) is 49.8 Å². The first-order chi connectivity index (χ1) is 27.7. The lowest BCUT2D eigenvalue weighted by molar-refractivity contribution is 0.669. The van der Waals surface area contributed by atoms with Gasteiger partial charge in [0.05, 0.1) is 5.56 Å². The van der Waals surface area contributed by atoms with Crippen LogP contribution < -0.4 is 38.2 Å². The minimum atomic E-state index is 0.572. The second kappa shape index (κ2) is 13.6. The third-order valence-electron chi connectivity index (χ3n) is 12.4. The minimum absolute atomic E-state index is 0.572. The molecule has 0 atom stereocenters. The molecule has 4 nitrogen and oxygen atoms in total. The van der Waals surface area contributed by atoms with Gasteiger partial charge in [0, 0.05) is 31.3 Å². The number of nitrogens with zero attached hydrogens (tertiary/aromatic N) is 3. The van der Waals surface area contributed by atoms with Crippen molar-refractivity contribution in [3.8, 4) is 56.4 Å². The number of hydrogen-bond acceptors (Lipinski definition) is 5. The third kappa shape index (κ3) is 5.64. The summed E-state index contributed by atoms with van der Waals surface area (Å²) in [6, 6.07) is 42.0. The second-order valence-corrected chi connectivity index (χ2v) is 16.4. The molecule has 10 aromatic rings. The molecule has 0 unspecified atom stereocenters. The maximum absolute atomic E-state index is 6.50. The molecule has 0 amide bonds. The zero-order chi connectivity index (χ0) is 39.1. The van der Waals surface area contributed by atoms with Crippen LogP contribution in [-0.2, 0) is 0 Å². The molecule has 0 bridgehead atoms. The molecule has 12 heteroatoms. The van der Waals surface area contributed by atoms with Gasteiger partial charge in [0.1, 0.15) is 66.1 Å². The summed E-state index contributed by atoms with van der Waals surface area (Å²) in [6.07, 6.45) is 0. The molecule has 0 spiro atoms. The largest absolute Gasteiger partial charge is 0.455 e. The molecule has 0 fully saturated rings. The molecule has 262 valence electrons. The average molecular weight is 741 g/mol. The monoisotopic (exact) mass is 741 g/mol. The summed E-state index contributed by atoms with van der Waals surface area (Å²) in [5, 5.41) is 4.89. The van der Waals surface area contributed by atoms with E-state index in [1.54, 1.807) is 0 Å². The van der Waals surface area contributed by atoms with Crippen molar-refractivity contribution < 1.29 is 4.42 Å². The first-order valence-corrected chi connectivity index (χ1v) is 20.3. The van der Waals surface area contributed by atoms with E-state index in [0.29, 0.717) is 17.5 Å². The van der Waals surface area contributed by atoms with Crippen molar-refractivity contribution in [3.63, 3.8) is 0 Å². The fraction of sp³-hybridized carbons (Fsp3) is 0. The summed E-state index contributed by atoms with van der Waals surface area (Å²) in [5.41, 5.74) is 18.6. The molecule has 0 aliphatic carbocycles. The summed E-state index contributed by atoms with van der Waals surface area (Å²) in [4.78, 5) is 15.6. The number of thiophene rings is 1. The highest BCUT2D eigenvalue weighted by Gasteiger charge is 2.23. The Morgan fingerprint density at radius 3 is 1.72 bits per heavy atom. The van der Waals surface area contributed by atoms with E-state index >= 15 is 0 Å². The summed E-state index contributed by atoms with van der Waals surface area (Å²) < 4.78 is 9.23. The van der Waals surface area contributed by atoms with Gasteiger partial charge in [-0.05, 0) is 51.2 Å². The Hall–Kier alpha value is -5.98. The smallest absolute Gasteiger partial charge is 0.167 e. The van der Waals surface area contributed by atoms with E-state index in [1.165, 1.54) is 69.5 Å². The van der Waals surface area contributed by atoms with Crippen LogP contribution in [0.5, 0.6) is 0 Å². The lowest BCUT2D eigenvalue weighted by atomic mass is 9.64. The van der Waals surface area contributed by atoms with Crippen LogP contribution in [-0.4, -0.2) is 69.9 Å². The van der Waals surface area contributed by atoms with E-state index in [4.69, 9.17) is 19.4 Å². The zero-order valence-electron chi connectivity index (χ0n) is 33.2. The van der Waals surface area contributed by atoms with Crippen LogP contribution in [0.15, 0.2) is 126 Å². The average Bonchev–Trinajstić information content (AvgIpc) is 3.84.